The molecule has 1 aliphatic rings. The van der Waals surface area contributed by atoms with E-state index in [1.165, 1.54) is 6.07 Å². The van der Waals surface area contributed by atoms with Gasteiger partial charge in [0.1, 0.15) is 12.0 Å². The summed E-state index contributed by atoms with van der Waals surface area (Å²) < 4.78 is 13.7. The number of halogens is 1. The average molecular weight is 422 g/mol. The molecule has 160 valence electrons. The van der Waals surface area contributed by atoms with Crippen LogP contribution in [0.4, 0.5) is 33.1 Å². The minimum Gasteiger partial charge on any atom is -0.369 e. The molecule has 1 atom stereocenters. The van der Waals surface area contributed by atoms with Gasteiger partial charge in [-0.15, -0.1) is 0 Å². The highest BCUT2D eigenvalue weighted by Gasteiger charge is 2.20. The molecule has 3 heterocycles. The predicted octanol–water partition coefficient (Wildman–Crippen LogP) is 4.68. The lowest BCUT2D eigenvalue weighted by molar-refractivity contribution is -0.384. The quantitative estimate of drug-likeness (QED) is 0.422. The van der Waals surface area contributed by atoms with E-state index in [0.717, 1.165) is 24.2 Å². The largest absolute Gasteiger partial charge is 0.369 e. The molecule has 0 radical (unpaired) electrons. The Kier molecular flexibility index (Phi) is 6.21. The number of piperidine rings is 1. The van der Waals surface area contributed by atoms with Crippen LogP contribution < -0.4 is 15.5 Å². The Bertz CT molecular complexity index is 1030. The summed E-state index contributed by atoms with van der Waals surface area (Å²) in [6, 6.07) is 14.2. The maximum Gasteiger partial charge on any atom is 0.311 e. The van der Waals surface area contributed by atoms with Crippen LogP contribution in [0, 0.1) is 10.1 Å². The number of nitro groups is 1. The number of hydrogen-bond donors (Lipinski definition) is 2. The van der Waals surface area contributed by atoms with Gasteiger partial charge in [-0.3, -0.25) is 15.1 Å². The lowest BCUT2D eigenvalue weighted by Gasteiger charge is -2.31. The summed E-state index contributed by atoms with van der Waals surface area (Å²) >= 11 is 0. The molecular formula is C22H23FN6O2. The number of anilines is 4. The number of nitrogens with one attached hydrogen (secondary N) is 2. The molecule has 1 unspecified atom stereocenters. The van der Waals surface area contributed by atoms with Crippen molar-refractivity contribution in [1.29, 1.82) is 0 Å². The molecule has 0 saturated carbocycles. The predicted molar refractivity (Wildman–Crippen MR) is 119 cm³/mol. The van der Waals surface area contributed by atoms with Crippen LogP contribution in [0.2, 0.25) is 0 Å². The zero-order valence-electron chi connectivity index (χ0n) is 16.9. The van der Waals surface area contributed by atoms with Crippen LogP contribution in [0.25, 0.3) is 0 Å². The van der Waals surface area contributed by atoms with Crippen molar-refractivity contribution in [3.63, 3.8) is 0 Å². The summed E-state index contributed by atoms with van der Waals surface area (Å²) in [4.78, 5) is 21.4. The van der Waals surface area contributed by atoms with Gasteiger partial charge in [-0.2, -0.15) is 0 Å². The Morgan fingerprint density at radius 1 is 1.19 bits per heavy atom. The zero-order valence-corrected chi connectivity index (χ0v) is 16.9. The van der Waals surface area contributed by atoms with E-state index in [1.807, 2.05) is 41.3 Å². The van der Waals surface area contributed by atoms with Crippen molar-refractivity contribution in [2.45, 2.75) is 25.6 Å². The van der Waals surface area contributed by atoms with Crippen LogP contribution >= 0.6 is 0 Å². The van der Waals surface area contributed by atoms with E-state index in [1.54, 1.807) is 18.5 Å². The summed E-state index contributed by atoms with van der Waals surface area (Å²) in [6.45, 7) is 1.72. The Hall–Kier alpha value is -3.75. The third-order valence-electron chi connectivity index (χ3n) is 5.13. The Morgan fingerprint density at radius 3 is 2.74 bits per heavy atom. The molecule has 3 aromatic rings. The summed E-state index contributed by atoms with van der Waals surface area (Å²) in [7, 11) is 0. The van der Waals surface area contributed by atoms with E-state index < -0.39 is 11.1 Å². The molecular weight excluding hydrogens is 399 g/mol. The normalized spacial score (nSPS) is 16.0. The zero-order chi connectivity index (χ0) is 21.6. The van der Waals surface area contributed by atoms with Crippen LogP contribution in [-0.4, -0.2) is 34.2 Å². The van der Waals surface area contributed by atoms with E-state index in [4.69, 9.17) is 0 Å². The number of nitrogens with zero attached hydrogens (tertiary/aromatic N) is 4. The number of pyridine rings is 2. The van der Waals surface area contributed by atoms with Crippen LogP contribution in [0.3, 0.4) is 0 Å². The smallest absolute Gasteiger partial charge is 0.311 e. The maximum atomic E-state index is 13.7. The Morgan fingerprint density at radius 2 is 2.03 bits per heavy atom. The summed E-state index contributed by atoms with van der Waals surface area (Å²) in [5.74, 6) is 0.659. The SMILES string of the molecule is O=[N+]([O-])c1ccc(NCc2cccnc2)nc1Nc1ccc(N2CCCC(F)C2)cc1. The van der Waals surface area contributed by atoms with Gasteiger partial charge in [0.15, 0.2) is 0 Å². The molecule has 0 amide bonds. The first-order chi connectivity index (χ1) is 15.1. The van der Waals surface area contributed by atoms with Gasteiger partial charge in [0, 0.05) is 49.5 Å². The summed E-state index contributed by atoms with van der Waals surface area (Å²) in [5.41, 5.74) is 2.45. The van der Waals surface area contributed by atoms with E-state index in [-0.39, 0.29) is 11.5 Å². The topological polar surface area (TPSA) is 96.2 Å². The molecule has 9 heteroatoms. The Labute approximate surface area is 179 Å². The number of benzene rings is 1. The number of hydrogen-bond acceptors (Lipinski definition) is 7. The number of alkyl halides is 1. The van der Waals surface area contributed by atoms with Crippen LogP contribution in [-0.2, 0) is 6.54 Å². The van der Waals surface area contributed by atoms with Gasteiger partial charge in [-0.05, 0) is 54.8 Å². The first-order valence-corrected chi connectivity index (χ1v) is 10.1. The van der Waals surface area contributed by atoms with E-state index >= 15 is 0 Å². The number of aromatic nitrogens is 2. The van der Waals surface area contributed by atoms with Crippen molar-refractivity contribution in [1.82, 2.24) is 9.97 Å². The lowest BCUT2D eigenvalue weighted by atomic mass is 10.1. The molecule has 0 spiro atoms. The van der Waals surface area contributed by atoms with Gasteiger partial charge in [0.05, 0.1) is 4.92 Å². The second-order valence-corrected chi connectivity index (χ2v) is 7.39. The third-order valence-corrected chi connectivity index (χ3v) is 5.13. The molecule has 2 N–H and O–H groups in total. The fourth-order valence-corrected chi connectivity index (χ4v) is 3.54. The van der Waals surface area contributed by atoms with Crippen molar-refractivity contribution >= 4 is 28.7 Å². The molecule has 0 aliphatic carbocycles. The molecule has 1 saturated heterocycles. The molecule has 1 fully saturated rings. The van der Waals surface area contributed by atoms with Gasteiger partial charge in [0.25, 0.3) is 0 Å². The maximum absolute atomic E-state index is 13.7. The average Bonchev–Trinajstić information content (AvgIpc) is 2.79. The molecule has 0 bridgehead atoms. The molecule has 1 aliphatic heterocycles. The van der Waals surface area contributed by atoms with Crippen LogP contribution in [0.5, 0.6) is 0 Å². The molecule has 1 aromatic carbocycles. The molecule has 8 nitrogen and oxygen atoms in total. The third kappa shape index (κ3) is 5.25. The summed E-state index contributed by atoms with van der Waals surface area (Å²) in [6.07, 6.45) is 4.07. The second kappa shape index (κ2) is 9.38. The van der Waals surface area contributed by atoms with Crippen molar-refractivity contribution < 1.29 is 9.31 Å². The highest BCUT2D eigenvalue weighted by atomic mass is 19.1. The fraction of sp³-hybridized carbons (Fsp3) is 0.273. The van der Waals surface area contributed by atoms with E-state index in [0.29, 0.717) is 31.0 Å². The molecule has 31 heavy (non-hydrogen) atoms. The highest BCUT2D eigenvalue weighted by Crippen LogP contribution is 2.29. The fourth-order valence-electron chi connectivity index (χ4n) is 3.54. The minimum atomic E-state index is -0.805. The van der Waals surface area contributed by atoms with Gasteiger partial charge >= 0.3 is 5.69 Å². The van der Waals surface area contributed by atoms with Gasteiger partial charge < -0.3 is 15.5 Å². The number of rotatable bonds is 7. The standard InChI is InChI=1S/C22H23FN6O2/c23-17-4-2-12-28(15-17)19-7-5-18(6-8-19)26-22-20(29(30)31)9-10-21(27-22)25-14-16-3-1-11-24-13-16/h1,3,5-11,13,17H,2,4,12,14-15H2,(H2,25,26,27). The highest BCUT2D eigenvalue weighted by molar-refractivity contribution is 5.69. The first-order valence-electron chi connectivity index (χ1n) is 10.1. The Balaban J connectivity index is 1.48. The molecule has 2 aromatic heterocycles. The van der Waals surface area contributed by atoms with Gasteiger partial charge in [0.2, 0.25) is 5.82 Å². The van der Waals surface area contributed by atoms with Crippen molar-refractivity contribution in [2.75, 3.05) is 28.6 Å². The molecule has 4 rings (SSSR count). The van der Waals surface area contributed by atoms with E-state index in [9.17, 15) is 14.5 Å². The van der Waals surface area contributed by atoms with E-state index in [2.05, 4.69) is 20.6 Å². The minimum absolute atomic E-state index is 0.118. The van der Waals surface area contributed by atoms with Crippen LogP contribution in [0.15, 0.2) is 60.9 Å². The second-order valence-electron chi connectivity index (χ2n) is 7.39. The van der Waals surface area contributed by atoms with Crippen LogP contribution in [0.1, 0.15) is 18.4 Å². The first kappa shape index (κ1) is 20.5. The lowest BCUT2D eigenvalue weighted by Crippen LogP contribution is -2.36. The van der Waals surface area contributed by atoms with Crippen molar-refractivity contribution in [3.05, 3.63) is 76.6 Å². The summed E-state index contributed by atoms with van der Waals surface area (Å²) in [5, 5.41) is 17.6. The van der Waals surface area contributed by atoms with Crippen molar-refractivity contribution in [3.8, 4) is 0 Å². The van der Waals surface area contributed by atoms with Crippen molar-refractivity contribution in [2.24, 2.45) is 0 Å². The van der Waals surface area contributed by atoms with Gasteiger partial charge in [-0.25, -0.2) is 9.37 Å². The van der Waals surface area contributed by atoms with Gasteiger partial charge in [-0.1, -0.05) is 6.07 Å². The monoisotopic (exact) mass is 422 g/mol.